The molecule has 1 amide bonds. The van der Waals surface area contributed by atoms with Gasteiger partial charge in [0.25, 0.3) is 5.91 Å². The summed E-state index contributed by atoms with van der Waals surface area (Å²) in [5.41, 5.74) is 1.19. The fraction of sp³-hybridized carbons (Fsp3) is 0.238. The van der Waals surface area contributed by atoms with Gasteiger partial charge in [0, 0.05) is 5.39 Å². The molecule has 26 heavy (non-hydrogen) atoms. The fourth-order valence-electron chi connectivity index (χ4n) is 2.69. The van der Waals surface area contributed by atoms with E-state index in [2.05, 4.69) is 11.4 Å². The molecule has 0 saturated carbocycles. The SMILES string of the molecule is CC(C)C(Oc1ccccc1C#N)C(=O)NCc1cc2ccccc2o1. The van der Waals surface area contributed by atoms with Crippen LogP contribution in [0.5, 0.6) is 5.75 Å². The molecule has 1 aromatic heterocycles. The molecule has 0 saturated heterocycles. The molecule has 0 spiro atoms. The zero-order valence-corrected chi connectivity index (χ0v) is 14.7. The first-order valence-electron chi connectivity index (χ1n) is 8.49. The minimum absolute atomic E-state index is 0.0579. The van der Waals surface area contributed by atoms with Gasteiger partial charge in [0.15, 0.2) is 6.10 Å². The number of amides is 1. The zero-order chi connectivity index (χ0) is 18.5. The molecule has 5 heteroatoms. The molecule has 2 aromatic carbocycles. The maximum absolute atomic E-state index is 12.6. The first-order valence-corrected chi connectivity index (χ1v) is 8.49. The molecule has 3 aromatic rings. The van der Waals surface area contributed by atoms with Crippen molar-refractivity contribution in [2.75, 3.05) is 0 Å². The number of furan rings is 1. The van der Waals surface area contributed by atoms with Crippen molar-refractivity contribution in [3.05, 3.63) is 65.9 Å². The molecule has 0 aliphatic heterocycles. The predicted molar refractivity (Wildman–Crippen MR) is 98.5 cm³/mol. The highest BCUT2D eigenvalue weighted by atomic mass is 16.5. The van der Waals surface area contributed by atoms with Crippen molar-refractivity contribution in [3.63, 3.8) is 0 Å². The quantitative estimate of drug-likeness (QED) is 0.730. The monoisotopic (exact) mass is 348 g/mol. The Morgan fingerprint density at radius 3 is 2.65 bits per heavy atom. The Hall–Kier alpha value is -3.26. The predicted octanol–water partition coefficient (Wildman–Crippen LogP) is 4.02. The summed E-state index contributed by atoms with van der Waals surface area (Å²) in [5, 5.41) is 13.0. The van der Waals surface area contributed by atoms with Gasteiger partial charge in [-0.3, -0.25) is 4.79 Å². The molecule has 0 aliphatic rings. The van der Waals surface area contributed by atoms with Crippen molar-refractivity contribution < 1.29 is 13.9 Å². The van der Waals surface area contributed by atoms with Gasteiger partial charge in [0.2, 0.25) is 0 Å². The highest BCUT2D eigenvalue weighted by Gasteiger charge is 2.25. The summed E-state index contributed by atoms with van der Waals surface area (Å²) in [6.45, 7) is 4.08. The van der Waals surface area contributed by atoms with E-state index in [1.165, 1.54) is 0 Å². The van der Waals surface area contributed by atoms with Crippen molar-refractivity contribution in [2.24, 2.45) is 5.92 Å². The van der Waals surface area contributed by atoms with Gasteiger partial charge in [-0.25, -0.2) is 0 Å². The number of carbonyl (C=O) groups excluding carboxylic acids is 1. The molecule has 0 aliphatic carbocycles. The van der Waals surface area contributed by atoms with Gasteiger partial charge in [0.1, 0.15) is 23.2 Å². The Morgan fingerprint density at radius 1 is 1.19 bits per heavy atom. The lowest BCUT2D eigenvalue weighted by Crippen LogP contribution is -2.41. The Bertz CT molecular complexity index is 920. The molecule has 0 radical (unpaired) electrons. The second-order valence-electron chi connectivity index (χ2n) is 6.36. The summed E-state index contributed by atoms with van der Waals surface area (Å²) in [6, 6.07) is 18.6. The summed E-state index contributed by atoms with van der Waals surface area (Å²) in [5.74, 6) is 0.790. The number of para-hydroxylation sites is 2. The number of rotatable bonds is 6. The van der Waals surface area contributed by atoms with Crippen LogP contribution in [0.15, 0.2) is 59.0 Å². The Balaban J connectivity index is 1.69. The second kappa shape index (κ2) is 7.75. The van der Waals surface area contributed by atoms with Gasteiger partial charge in [-0.2, -0.15) is 5.26 Å². The molecular weight excluding hydrogens is 328 g/mol. The van der Waals surface area contributed by atoms with Crippen molar-refractivity contribution in [2.45, 2.75) is 26.5 Å². The Morgan fingerprint density at radius 2 is 1.92 bits per heavy atom. The largest absolute Gasteiger partial charge is 0.479 e. The number of carbonyl (C=O) groups is 1. The standard InChI is InChI=1S/C21H20N2O3/c1-14(2)20(26-19-10-6-4-8-16(19)12-22)21(24)23-13-17-11-15-7-3-5-9-18(15)25-17/h3-11,14,20H,13H2,1-2H3,(H,23,24). The average molecular weight is 348 g/mol. The van der Waals surface area contributed by atoms with Crippen molar-refractivity contribution in [3.8, 4) is 11.8 Å². The normalized spacial score (nSPS) is 11.9. The lowest BCUT2D eigenvalue weighted by molar-refractivity contribution is -0.130. The van der Waals surface area contributed by atoms with Crippen LogP contribution in [0.3, 0.4) is 0 Å². The van der Waals surface area contributed by atoms with Gasteiger partial charge < -0.3 is 14.5 Å². The number of nitrogens with zero attached hydrogens (tertiary/aromatic N) is 1. The number of ether oxygens (including phenoxy) is 1. The van der Waals surface area contributed by atoms with Gasteiger partial charge in [0.05, 0.1) is 12.1 Å². The van der Waals surface area contributed by atoms with E-state index in [1.54, 1.807) is 24.3 Å². The van der Waals surface area contributed by atoms with Crippen LogP contribution in [0, 0.1) is 17.2 Å². The Labute approximate surface area is 152 Å². The molecule has 0 fully saturated rings. The third-order valence-corrected chi connectivity index (χ3v) is 4.04. The minimum Gasteiger partial charge on any atom is -0.479 e. The summed E-state index contributed by atoms with van der Waals surface area (Å²) in [7, 11) is 0. The highest BCUT2D eigenvalue weighted by molar-refractivity contribution is 5.82. The van der Waals surface area contributed by atoms with E-state index in [4.69, 9.17) is 9.15 Å². The lowest BCUT2D eigenvalue weighted by Gasteiger charge is -2.22. The van der Waals surface area contributed by atoms with Crippen molar-refractivity contribution >= 4 is 16.9 Å². The first kappa shape index (κ1) is 17.6. The molecular formula is C21H20N2O3. The van der Waals surface area contributed by atoms with Crippen LogP contribution in [0.2, 0.25) is 0 Å². The van der Waals surface area contributed by atoms with Crippen LogP contribution >= 0.6 is 0 Å². The highest BCUT2D eigenvalue weighted by Crippen LogP contribution is 2.21. The number of nitrogens with one attached hydrogen (secondary N) is 1. The molecule has 132 valence electrons. The van der Waals surface area contributed by atoms with E-state index in [0.29, 0.717) is 17.1 Å². The van der Waals surface area contributed by atoms with Crippen LogP contribution in [-0.4, -0.2) is 12.0 Å². The maximum Gasteiger partial charge on any atom is 0.261 e. The van der Waals surface area contributed by atoms with E-state index in [-0.39, 0.29) is 18.4 Å². The first-order chi connectivity index (χ1) is 12.6. The number of fused-ring (bicyclic) bond motifs is 1. The third-order valence-electron chi connectivity index (χ3n) is 4.04. The van der Waals surface area contributed by atoms with Crippen LogP contribution in [0.25, 0.3) is 11.0 Å². The smallest absolute Gasteiger partial charge is 0.261 e. The molecule has 1 unspecified atom stereocenters. The second-order valence-corrected chi connectivity index (χ2v) is 6.36. The van der Waals surface area contributed by atoms with Gasteiger partial charge in [-0.15, -0.1) is 0 Å². The topological polar surface area (TPSA) is 75.3 Å². The van der Waals surface area contributed by atoms with E-state index in [1.807, 2.05) is 44.2 Å². The summed E-state index contributed by atoms with van der Waals surface area (Å²) < 4.78 is 11.6. The van der Waals surface area contributed by atoms with Crippen LogP contribution in [0.4, 0.5) is 0 Å². The third kappa shape index (κ3) is 3.86. The molecule has 3 rings (SSSR count). The number of benzene rings is 2. The van der Waals surface area contributed by atoms with Crippen molar-refractivity contribution in [1.29, 1.82) is 5.26 Å². The average Bonchev–Trinajstić information content (AvgIpc) is 3.07. The van der Waals surface area contributed by atoms with Gasteiger partial charge in [-0.1, -0.05) is 44.2 Å². The van der Waals surface area contributed by atoms with E-state index in [0.717, 1.165) is 11.0 Å². The number of hydrogen-bond donors (Lipinski definition) is 1. The maximum atomic E-state index is 12.6. The van der Waals surface area contributed by atoms with Crippen LogP contribution < -0.4 is 10.1 Å². The van der Waals surface area contributed by atoms with Crippen molar-refractivity contribution in [1.82, 2.24) is 5.32 Å². The van der Waals surface area contributed by atoms with Gasteiger partial charge >= 0.3 is 0 Å². The summed E-state index contributed by atoms with van der Waals surface area (Å²) >= 11 is 0. The molecule has 1 atom stereocenters. The molecule has 5 nitrogen and oxygen atoms in total. The number of hydrogen-bond acceptors (Lipinski definition) is 4. The summed E-state index contributed by atoms with van der Waals surface area (Å²) in [4.78, 5) is 12.6. The summed E-state index contributed by atoms with van der Waals surface area (Å²) in [6.07, 6.45) is -0.700. The minimum atomic E-state index is -0.700. The van der Waals surface area contributed by atoms with E-state index < -0.39 is 6.10 Å². The Kier molecular flexibility index (Phi) is 5.23. The van der Waals surface area contributed by atoms with Gasteiger partial charge in [-0.05, 0) is 30.2 Å². The molecule has 0 bridgehead atoms. The van der Waals surface area contributed by atoms with Crippen LogP contribution in [0.1, 0.15) is 25.2 Å². The van der Waals surface area contributed by atoms with Crippen LogP contribution in [-0.2, 0) is 11.3 Å². The molecule has 1 N–H and O–H groups in total. The van der Waals surface area contributed by atoms with E-state index >= 15 is 0 Å². The lowest BCUT2D eigenvalue weighted by atomic mass is 10.1. The fourth-order valence-corrected chi connectivity index (χ4v) is 2.69. The van der Waals surface area contributed by atoms with E-state index in [9.17, 15) is 10.1 Å². The number of nitriles is 1. The molecule has 1 heterocycles. The zero-order valence-electron chi connectivity index (χ0n) is 14.7.